The number of nitrogens with one attached hydrogen (secondary N) is 1. The van der Waals surface area contributed by atoms with Gasteiger partial charge in [0, 0.05) is 35.8 Å². The second-order valence-electron chi connectivity index (χ2n) is 5.07. The van der Waals surface area contributed by atoms with Crippen LogP contribution in [0.25, 0.3) is 0 Å². The number of nitrogens with zero attached hydrogens (tertiary/aromatic N) is 2. The van der Waals surface area contributed by atoms with Crippen molar-refractivity contribution < 1.29 is 4.74 Å². The summed E-state index contributed by atoms with van der Waals surface area (Å²) in [6, 6.07) is 5.95. The number of rotatable bonds is 6. The second-order valence-corrected chi connectivity index (χ2v) is 5.07. The third-order valence-electron chi connectivity index (χ3n) is 3.27. The topological polar surface area (TPSA) is 47.0 Å². The largest absolute Gasteiger partial charge is 0.455 e. The summed E-state index contributed by atoms with van der Waals surface area (Å²) < 4.78 is 6.12. The normalized spacial score (nSPS) is 10.7. The monoisotopic (exact) mass is 285 g/mol. The first-order chi connectivity index (χ1) is 10.1. The van der Waals surface area contributed by atoms with E-state index >= 15 is 0 Å². The van der Waals surface area contributed by atoms with Gasteiger partial charge in [0.15, 0.2) is 0 Å². The Bertz CT molecular complexity index is 611. The zero-order chi connectivity index (χ0) is 15.2. The van der Waals surface area contributed by atoms with Gasteiger partial charge >= 0.3 is 0 Å². The van der Waals surface area contributed by atoms with Crippen molar-refractivity contribution in [1.29, 1.82) is 0 Å². The van der Waals surface area contributed by atoms with Crippen molar-refractivity contribution in [2.24, 2.45) is 0 Å². The van der Waals surface area contributed by atoms with Gasteiger partial charge in [0.05, 0.1) is 5.69 Å². The summed E-state index contributed by atoms with van der Waals surface area (Å²) in [5.74, 6) is 1.68. The lowest BCUT2D eigenvalue weighted by Gasteiger charge is -2.14. The minimum Gasteiger partial charge on any atom is -0.455 e. The predicted octanol–water partition coefficient (Wildman–Crippen LogP) is 3.56. The molecule has 21 heavy (non-hydrogen) atoms. The summed E-state index contributed by atoms with van der Waals surface area (Å²) in [6.07, 6.45) is 2.73. The fourth-order valence-corrected chi connectivity index (χ4v) is 2.11. The van der Waals surface area contributed by atoms with Crippen LogP contribution in [0.2, 0.25) is 0 Å². The van der Waals surface area contributed by atoms with E-state index in [9.17, 15) is 0 Å². The highest BCUT2D eigenvalue weighted by molar-refractivity contribution is 5.39. The van der Waals surface area contributed by atoms with E-state index < -0.39 is 0 Å². The van der Waals surface area contributed by atoms with Gasteiger partial charge in [0.1, 0.15) is 11.5 Å². The van der Waals surface area contributed by atoms with Crippen molar-refractivity contribution >= 4 is 0 Å². The maximum absolute atomic E-state index is 6.12. The van der Waals surface area contributed by atoms with Crippen LogP contribution in [0, 0.1) is 13.8 Å². The Balaban J connectivity index is 2.31. The van der Waals surface area contributed by atoms with E-state index in [1.807, 2.05) is 38.2 Å². The highest BCUT2D eigenvalue weighted by atomic mass is 16.5. The van der Waals surface area contributed by atoms with Gasteiger partial charge in [-0.3, -0.25) is 9.97 Å². The molecule has 4 heteroatoms. The Morgan fingerprint density at radius 2 is 1.90 bits per heavy atom. The van der Waals surface area contributed by atoms with Gasteiger partial charge in [-0.15, -0.1) is 0 Å². The Kier molecular flexibility index (Phi) is 5.28. The van der Waals surface area contributed by atoms with Crippen LogP contribution >= 0.6 is 0 Å². The maximum atomic E-state index is 6.12. The molecule has 0 fully saturated rings. The van der Waals surface area contributed by atoms with Gasteiger partial charge < -0.3 is 10.1 Å². The third-order valence-corrected chi connectivity index (χ3v) is 3.27. The molecule has 0 spiro atoms. The molecule has 0 aliphatic carbocycles. The molecule has 0 bridgehead atoms. The van der Waals surface area contributed by atoms with E-state index in [4.69, 9.17) is 4.74 Å². The number of aromatic nitrogens is 2. The lowest BCUT2D eigenvalue weighted by molar-refractivity contribution is 0.462. The molecule has 112 valence electrons. The smallest absolute Gasteiger partial charge is 0.148 e. The van der Waals surface area contributed by atoms with E-state index in [2.05, 4.69) is 29.1 Å². The van der Waals surface area contributed by atoms with Gasteiger partial charge in [-0.05, 0) is 38.9 Å². The van der Waals surface area contributed by atoms with Crippen LogP contribution in [0.4, 0.5) is 0 Å². The fraction of sp³-hybridized carbons (Fsp3) is 0.412. The average molecular weight is 285 g/mol. The van der Waals surface area contributed by atoms with Crippen LogP contribution in [-0.4, -0.2) is 16.5 Å². The standard InChI is InChI=1S/C17H23N3O/c1-5-15-16(8-7-12(3)20-15)21-17-9-13(4)19-11-14(17)10-18-6-2/h7-9,11,18H,5-6,10H2,1-4H3. The molecule has 0 saturated carbocycles. The van der Waals surface area contributed by atoms with Gasteiger partial charge in [0.2, 0.25) is 0 Å². The van der Waals surface area contributed by atoms with E-state index in [-0.39, 0.29) is 0 Å². The molecule has 0 atom stereocenters. The highest BCUT2D eigenvalue weighted by Gasteiger charge is 2.10. The highest BCUT2D eigenvalue weighted by Crippen LogP contribution is 2.28. The molecule has 2 aromatic rings. The molecule has 0 aliphatic heterocycles. The van der Waals surface area contributed by atoms with Crippen LogP contribution in [0.5, 0.6) is 11.5 Å². The van der Waals surface area contributed by atoms with Crippen molar-refractivity contribution in [3.8, 4) is 11.5 Å². The molecular formula is C17H23N3O. The Hall–Kier alpha value is -1.94. The molecule has 0 radical (unpaired) electrons. The van der Waals surface area contributed by atoms with E-state index in [0.29, 0.717) is 0 Å². The number of ether oxygens (including phenoxy) is 1. The Morgan fingerprint density at radius 1 is 1.10 bits per heavy atom. The number of hydrogen-bond donors (Lipinski definition) is 1. The van der Waals surface area contributed by atoms with Crippen molar-refractivity contribution in [2.75, 3.05) is 6.54 Å². The fourth-order valence-electron chi connectivity index (χ4n) is 2.11. The van der Waals surface area contributed by atoms with Crippen LogP contribution in [-0.2, 0) is 13.0 Å². The minimum absolute atomic E-state index is 0.750. The lowest BCUT2D eigenvalue weighted by Crippen LogP contribution is -2.13. The van der Waals surface area contributed by atoms with E-state index in [0.717, 1.165) is 53.7 Å². The SMILES string of the molecule is CCNCc1cnc(C)cc1Oc1ccc(C)nc1CC. The van der Waals surface area contributed by atoms with Gasteiger partial charge in [-0.2, -0.15) is 0 Å². The van der Waals surface area contributed by atoms with Crippen LogP contribution in [0.1, 0.15) is 36.5 Å². The molecule has 2 heterocycles. The summed E-state index contributed by atoms with van der Waals surface area (Å²) in [5.41, 5.74) is 4.00. The minimum atomic E-state index is 0.750. The molecule has 4 nitrogen and oxygen atoms in total. The molecule has 0 aliphatic rings. The van der Waals surface area contributed by atoms with Crippen molar-refractivity contribution in [3.05, 3.63) is 47.0 Å². The maximum Gasteiger partial charge on any atom is 0.148 e. The van der Waals surface area contributed by atoms with Crippen molar-refractivity contribution in [2.45, 2.75) is 40.7 Å². The van der Waals surface area contributed by atoms with Gasteiger partial charge in [-0.25, -0.2) is 0 Å². The lowest BCUT2D eigenvalue weighted by atomic mass is 10.2. The first kappa shape index (κ1) is 15.4. The van der Waals surface area contributed by atoms with Crippen molar-refractivity contribution in [1.82, 2.24) is 15.3 Å². The molecule has 0 unspecified atom stereocenters. The molecule has 2 aromatic heterocycles. The predicted molar refractivity (Wildman–Crippen MR) is 84.8 cm³/mol. The molecule has 0 saturated heterocycles. The number of pyridine rings is 2. The summed E-state index contributed by atoms with van der Waals surface area (Å²) in [5, 5.41) is 3.31. The molecule has 2 rings (SSSR count). The van der Waals surface area contributed by atoms with E-state index in [1.54, 1.807) is 0 Å². The number of aryl methyl sites for hydroxylation is 3. The molecule has 0 amide bonds. The zero-order valence-electron chi connectivity index (χ0n) is 13.2. The average Bonchev–Trinajstić information content (AvgIpc) is 2.48. The van der Waals surface area contributed by atoms with Crippen LogP contribution in [0.15, 0.2) is 24.4 Å². The molecule has 1 N–H and O–H groups in total. The third kappa shape index (κ3) is 4.02. The number of hydrogen-bond acceptors (Lipinski definition) is 4. The van der Waals surface area contributed by atoms with E-state index in [1.165, 1.54) is 0 Å². The van der Waals surface area contributed by atoms with Crippen molar-refractivity contribution in [3.63, 3.8) is 0 Å². The Morgan fingerprint density at radius 3 is 2.62 bits per heavy atom. The van der Waals surface area contributed by atoms with Crippen LogP contribution in [0.3, 0.4) is 0 Å². The summed E-state index contributed by atoms with van der Waals surface area (Å²) in [6.45, 7) is 9.81. The summed E-state index contributed by atoms with van der Waals surface area (Å²) >= 11 is 0. The quantitative estimate of drug-likeness (QED) is 0.881. The first-order valence-corrected chi connectivity index (χ1v) is 7.44. The second kappa shape index (κ2) is 7.18. The van der Waals surface area contributed by atoms with Gasteiger partial charge in [-0.1, -0.05) is 13.8 Å². The zero-order valence-corrected chi connectivity index (χ0v) is 13.2. The first-order valence-electron chi connectivity index (χ1n) is 7.44. The Labute approximate surface area is 126 Å². The summed E-state index contributed by atoms with van der Waals surface area (Å²) in [4.78, 5) is 8.90. The van der Waals surface area contributed by atoms with Gasteiger partial charge in [0.25, 0.3) is 0 Å². The van der Waals surface area contributed by atoms with Crippen LogP contribution < -0.4 is 10.1 Å². The molecule has 0 aromatic carbocycles. The summed E-state index contributed by atoms with van der Waals surface area (Å²) in [7, 11) is 0. The molecular weight excluding hydrogens is 262 g/mol.